The molecule has 0 saturated heterocycles. The van der Waals surface area contributed by atoms with Gasteiger partial charge in [0.25, 0.3) is 5.91 Å². The Hall–Kier alpha value is -4.18. The lowest BCUT2D eigenvalue weighted by Gasteiger charge is -2.12. The van der Waals surface area contributed by atoms with Crippen molar-refractivity contribution in [3.05, 3.63) is 77.5 Å². The Morgan fingerprint density at radius 1 is 1.13 bits per heavy atom. The smallest absolute Gasteiger partial charge is 0.263 e. The van der Waals surface area contributed by atoms with Crippen LogP contribution in [-0.4, -0.2) is 27.3 Å². The first kappa shape index (κ1) is 19.2. The Balaban J connectivity index is 1.62. The van der Waals surface area contributed by atoms with Crippen molar-refractivity contribution in [2.75, 3.05) is 11.9 Å². The highest BCUT2D eigenvalue weighted by Gasteiger charge is 2.17. The van der Waals surface area contributed by atoms with Crippen molar-refractivity contribution >= 4 is 22.6 Å². The minimum Gasteiger partial charge on any atom is -0.483 e. The first-order valence-corrected chi connectivity index (χ1v) is 9.40. The summed E-state index contributed by atoms with van der Waals surface area (Å²) in [6, 6.07) is 19.2. The normalized spacial score (nSPS) is 10.6. The highest BCUT2D eigenvalue weighted by atomic mass is 16.5. The third-order valence-corrected chi connectivity index (χ3v) is 4.73. The van der Waals surface area contributed by atoms with Crippen LogP contribution in [0.2, 0.25) is 0 Å². The maximum absolute atomic E-state index is 12.5. The molecule has 0 aliphatic rings. The molecule has 7 heteroatoms. The van der Waals surface area contributed by atoms with Crippen LogP contribution in [0.3, 0.4) is 0 Å². The number of para-hydroxylation sites is 2. The zero-order valence-electron chi connectivity index (χ0n) is 16.6. The molecular weight excluding hydrogens is 378 g/mol. The SMILES string of the molecule is Cc1ccccc1OCC(=O)Nc1c(C#N)cnn1-c1cc(C)c2ccccc2n1. The maximum atomic E-state index is 12.5. The number of amides is 1. The number of hydrogen-bond acceptors (Lipinski definition) is 5. The van der Waals surface area contributed by atoms with Gasteiger partial charge in [-0.1, -0.05) is 36.4 Å². The monoisotopic (exact) mass is 397 g/mol. The van der Waals surface area contributed by atoms with Crippen molar-refractivity contribution < 1.29 is 9.53 Å². The third-order valence-electron chi connectivity index (χ3n) is 4.73. The van der Waals surface area contributed by atoms with Crippen LogP contribution in [0.25, 0.3) is 16.7 Å². The zero-order valence-corrected chi connectivity index (χ0v) is 16.6. The van der Waals surface area contributed by atoms with Crippen molar-refractivity contribution in [2.24, 2.45) is 0 Å². The fourth-order valence-corrected chi connectivity index (χ4v) is 3.19. The Labute approximate surface area is 173 Å². The van der Waals surface area contributed by atoms with Gasteiger partial charge in [-0.3, -0.25) is 4.79 Å². The number of nitrogens with zero attached hydrogens (tertiary/aromatic N) is 4. The van der Waals surface area contributed by atoms with Crippen LogP contribution < -0.4 is 10.1 Å². The molecule has 0 spiro atoms. The second-order valence-electron chi connectivity index (χ2n) is 6.85. The number of carbonyl (C=O) groups excluding carboxylic acids is 1. The quantitative estimate of drug-likeness (QED) is 0.551. The molecule has 4 rings (SSSR count). The molecule has 30 heavy (non-hydrogen) atoms. The minimum absolute atomic E-state index is 0.189. The molecule has 0 aliphatic carbocycles. The van der Waals surface area contributed by atoms with Crippen molar-refractivity contribution in [2.45, 2.75) is 13.8 Å². The van der Waals surface area contributed by atoms with Gasteiger partial charge in [0.05, 0.1) is 11.7 Å². The van der Waals surface area contributed by atoms with E-state index in [1.807, 2.05) is 62.4 Å². The number of aromatic nitrogens is 3. The number of ether oxygens (including phenoxy) is 1. The number of anilines is 1. The number of rotatable bonds is 5. The van der Waals surface area contributed by atoms with Crippen LogP contribution in [-0.2, 0) is 4.79 Å². The molecule has 1 N–H and O–H groups in total. The van der Waals surface area contributed by atoms with Crippen LogP contribution in [0.5, 0.6) is 5.75 Å². The number of carbonyl (C=O) groups is 1. The maximum Gasteiger partial charge on any atom is 0.263 e. The molecule has 148 valence electrons. The Morgan fingerprint density at radius 3 is 2.70 bits per heavy atom. The second kappa shape index (κ2) is 8.05. The summed E-state index contributed by atoms with van der Waals surface area (Å²) in [7, 11) is 0. The number of benzene rings is 2. The Kier molecular flexibility index (Phi) is 5.14. The van der Waals surface area contributed by atoms with E-state index in [4.69, 9.17) is 4.74 Å². The van der Waals surface area contributed by atoms with Gasteiger partial charge in [0, 0.05) is 5.39 Å². The Morgan fingerprint density at radius 2 is 1.90 bits per heavy atom. The van der Waals surface area contributed by atoms with Crippen molar-refractivity contribution in [1.29, 1.82) is 5.26 Å². The molecule has 1 amide bonds. The molecule has 7 nitrogen and oxygen atoms in total. The summed E-state index contributed by atoms with van der Waals surface area (Å²) in [5, 5.41) is 17.5. The van der Waals surface area contributed by atoms with Crippen LogP contribution in [0, 0.1) is 25.2 Å². The topological polar surface area (TPSA) is 92.8 Å². The molecule has 2 aromatic heterocycles. The Bertz CT molecular complexity index is 1290. The summed E-state index contributed by atoms with van der Waals surface area (Å²) in [6.07, 6.45) is 1.41. The summed E-state index contributed by atoms with van der Waals surface area (Å²) < 4.78 is 7.06. The lowest BCUT2D eigenvalue weighted by atomic mass is 10.1. The van der Waals surface area contributed by atoms with Gasteiger partial charge >= 0.3 is 0 Å². The fraction of sp³-hybridized carbons (Fsp3) is 0.130. The van der Waals surface area contributed by atoms with Gasteiger partial charge in [0.15, 0.2) is 18.2 Å². The van der Waals surface area contributed by atoms with Crippen molar-refractivity contribution in [1.82, 2.24) is 14.8 Å². The second-order valence-corrected chi connectivity index (χ2v) is 6.85. The van der Waals surface area contributed by atoms with Crippen molar-refractivity contribution in [3.63, 3.8) is 0 Å². The van der Waals surface area contributed by atoms with E-state index in [1.165, 1.54) is 10.9 Å². The first-order chi connectivity index (χ1) is 14.6. The van der Waals surface area contributed by atoms with Crippen LogP contribution in [0.1, 0.15) is 16.7 Å². The van der Waals surface area contributed by atoms with E-state index in [0.717, 1.165) is 22.0 Å². The number of aryl methyl sites for hydroxylation is 2. The minimum atomic E-state index is -0.394. The van der Waals surface area contributed by atoms with Gasteiger partial charge in [-0.2, -0.15) is 15.0 Å². The van der Waals surface area contributed by atoms with Gasteiger partial charge in [-0.05, 0) is 43.2 Å². The van der Waals surface area contributed by atoms with Crippen LogP contribution in [0.15, 0.2) is 60.8 Å². The molecule has 0 saturated carbocycles. The van der Waals surface area contributed by atoms with Crippen LogP contribution in [0.4, 0.5) is 5.82 Å². The van der Waals surface area contributed by atoms with E-state index in [2.05, 4.69) is 21.5 Å². The predicted molar refractivity (Wildman–Crippen MR) is 114 cm³/mol. The molecule has 2 aromatic carbocycles. The first-order valence-electron chi connectivity index (χ1n) is 9.40. The molecule has 0 atom stereocenters. The molecular formula is C23H19N5O2. The lowest BCUT2D eigenvalue weighted by Crippen LogP contribution is -2.22. The molecule has 0 fully saturated rings. The average molecular weight is 397 g/mol. The third kappa shape index (κ3) is 3.71. The summed E-state index contributed by atoms with van der Waals surface area (Å²) in [6.45, 7) is 3.70. The van der Waals surface area contributed by atoms with E-state index in [0.29, 0.717) is 11.6 Å². The summed E-state index contributed by atoms with van der Waals surface area (Å²) in [5.41, 5.74) is 3.00. The van der Waals surface area contributed by atoms with E-state index < -0.39 is 5.91 Å². The molecule has 0 aliphatic heterocycles. The molecule has 4 aromatic rings. The molecule has 0 radical (unpaired) electrons. The highest BCUT2D eigenvalue weighted by molar-refractivity contribution is 5.92. The number of fused-ring (bicyclic) bond motifs is 1. The number of pyridine rings is 1. The van der Waals surface area contributed by atoms with Crippen LogP contribution >= 0.6 is 0 Å². The van der Waals surface area contributed by atoms with E-state index >= 15 is 0 Å². The van der Waals surface area contributed by atoms with Gasteiger partial charge < -0.3 is 10.1 Å². The molecule has 2 heterocycles. The number of hydrogen-bond donors (Lipinski definition) is 1. The van der Waals surface area contributed by atoms with E-state index in [1.54, 1.807) is 6.07 Å². The van der Waals surface area contributed by atoms with Gasteiger partial charge in [0.2, 0.25) is 0 Å². The standard InChI is InChI=1S/C23H19N5O2/c1-15-7-3-6-10-20(15)30-14-22(29)27-23-17(12-24)13-25-28(23)21-11-16(2)18-8-4-5-9-19(18)26-21/h3-11,13H,14H2,1-2H3,(H,27,29). The van der Waals surface area contributed by atoms with Gasteiger partial charge in [-0.15, -0.1) is 0 Å². The van der Waals surface area contributed by atoms with Crippen molar-refractivity contribution in [3.8, 4) is 17.6 Å². The zero-order chi connectivity index (χ0) is 21.1. The number of nitrogens with one attached hydrogen (secondary N) is 1. The fourth-order valence-electron chi connectivity index (χ4n) is 3.19. The van der Waals surface area contributed by atoms with E-state index in [9.17, 15) is 10.1 Å². The van der Waals surface area contributed by atoms with Gasteiger partial charge in [0.1, 0.15) is 17.4 Å². The largest absolute Gasteiger partial charge is 0.483 e. The molecule has 0 unspecified atom stereocenters. The summed E-state index contributed by atoms with van der Waals surface area (Å²) >= 11 is 0. The predicted octanol–water partition coefficient (Wildman–Crippen LogP) is 3.93. The highest BCUT2D eigenvalue weighted by Crippen LogP contribution is 2.23. The summed E-state index contributed by atoms with van der Waals surface area (Å²) in [5.74, 6) is 1.02. The average Bonchev–Trinajstić information content (AvgIpc) is 3.15. The lowest BCUT2D eigenvalue weighted by molar-refractivity contribution is -0.118. The molecule has 0 bridgehead atoms. The van der Waals surface area contributed by atoms with Gasteiger partial charge in [-0.25, -0.2) is 4.98 Å². The summed E-state index contributed by atoms with van der Waals surface area (Å²) in [4.78, 5) is 17.2. The van der Waals surface area contributed by atoms with E-state index in [-0.39, 0.29) is 18.0 Å². The number of nitriles is 1.